The molecular weight excluding hydrogens is 288 g/mol. The molecule has 1 aromatic heterocycles. The normalized spacial score (nSPS) is 10.7. The van der Waals surface area contributed by atoms with Gasteiger partial charge in [-0.15, -0.1) is 0 Å². The summed E-state index contributed by atoms with van der Waals surface area (Å²) in [6.07, 6.45) is 1.95. The molecule has 0 radical (unpaired) electrons. The molecule has 1 heterocycles. The van der Waals surface area contributed by atoms with E-state index in [9.17, 15) is 4.79 Å². The first-order chi connectivity index (χ1) is 11.2. The lowest BCUT2D eigenvalue weighted by atomic mass is 10.2. The van der Waals surface area contributed by atoms with Crippen LogP contribution in [0, 0.1) is 0 Å². The van der Waals surface area contributed by atoms with Gasteiger partial charge in [0, 0.05) is 29.3 Å². The molecule has 0 N–H and O–H groups in total. The van der Waals surface area contributed by atoms with Gasteiger partial charge < -0.3 is 14.2 Å². The molecule has 0 fully saturated rings. The summed E-state index contributed by atoms with van der Waals surface area (Å²) < 4.78 is 7.22. The molecule has 3 rings (SSSR count). The quantitative estimate of drug-likeness (QED) is 0.720. The van der Waals surface area contributed by atoms with Crippen LogP contribution in [-0.4, -0.2) is 24.1 Å². The zero-order valence-corrected chi connectivity index (χ0v) is 13.4. The van der Waals surface area contributed by atoms with Crippen LogP contribution >= 0.6 is 0 Å². The maximum absolute atomic E-state index is 12.7. The van der Waals surface area contributed by atoms with Gasteiger partial charge in [0.1, 0.15) is 12.3 Å². The third kappa shape index (κ3) is 3.06. The van der Waals surface area contributed by atoms with E-state index in [2.05, 4.69) is 0 Å². The van der Waals surface area contributed by atoms with Crippen LogP contribution in [0.4, 0.5) is 5.69 Å². The summed E-state index contributed by atoms with van der Waals surface area (Å²) in [4.78, 5) is 14.5. The summed E-state index contributed by atoms with van der Waals surface area (Å²) in [7, 11) is 1.65. The molecule has 4 heteroatoms. The van der Waals surface area contributed by atoms with Gasteiger partial charge in [-0.2, -0.15) is 0 Å². The number of hydrogen-bond donors (Lipinski definition) is 0. The second-order valence-electron chi connectivity index (χ2n) is 5.34. The molecule has 23 heavy (non-hydrogen) atoms. The Morgan fingerprint density at radius 3 is 2.61 bits per heavy atom. The first-order valence-corrected chi connectivity index (χ1v) is 7.71. The van der Waals surface area contributed by atoms with Crippen molar-refractivity contribution in [2.45, 2.75) is 13.5 Å². The van der Waals surface area contributed by atoms with Crippen LogP contribution in [0.3, 0.4) is 0 Å². The maximum atomic E-state index is 12.7. The third-order valence-corrected chi connectivity index (χ3v) is 3.97. The zero-order valence-electron chi connectivity index (χ0n) is 13.4. The molecule has 3 aromatic rings. The summed E-state index contributed by atoms with van der Waals surface area (Å²) in [5, 5.41) is 1.07. The standard InChI is InChI=1S/C19H20N2O2/c1-3-21(16-7-5-4-6-8-16)19(22)14-20-12-11-15-13-17(23-2)9-10-18(15)20/h4-13H,3,14H2,1-2H3. The number of amides is 1. The molecule has 0 spiro atoms. The molecule has 0 aliphatic carbocycles. The molecule has 0 saturated carbocycles. The van der Waals surface area contributed by atoms with Gasteiger partial charge in [-0.25, -0.2) is 0 Å². The largest absolute Gasteiger partial charge is 0.497 e. The number of likely N-dealkylation sites (N-methyl/N-ethyl adjacent to an activating group) is 1. The Kier molecular flexibility index (Phi) is 4.33. The molecule has 0 atom stereocenters. The van der Waals surface area contributed by atoms with Gasteiger partial charge in [0.25, 0.3) is 0 Å². The van der Waals surface area contributed by atoms with E-state index in [0.717, 1.165) is 22.3 Å². The summed E-state index contributed by atoms with van der Waals surface area (Å²) in [5.41, 5.74) is 1.96. The zero-order chi connectivity index (χ0) is 16.2. The Morgan fingerprint density at radius 1 is 1.13 bits per heavy atom. The highest BCUT2D eigenvalue weighted by Gasteiger charge is 2.15. The highest BCUT2D eigenvalue weighted by atomic mass is 16.5. The van der Waals surface area contributed by atoms with Crippen LogP contribution in [-0.2, 0) is 11.3 Å². The molecule has 0 aliphatic heterocycles. The molecule has 0 saturated heterocycles. The lowest BCUT2D eigenvalue weighted by Crippen LogP contribution is -2.33. The number of aromatic nitrogens is 1. The van der Waals surface area contributed by atoms with Crippen LogP contribution in [0.15, 0.2) is 60.8 Å². The molecule has 4 nitrogen and oxygen atoms in total. The van der Waals surface area contributed by atoms with Crippen LogP contribution in [0.1, 0.15) is 6.92 Å². The van der Waals surface area contributed by atoms with Gasteiger partial charge in [-0.05, 0) is 43.3 Å². The summed E-state index contributed by atoms with van der Waals surface area (Å²) in [5.74, 6) is 0.896. The fourth-order valence-electron chi connectivity index (χ4n) is 2.79. The van der Waals surface area contributed by atoms with Crippen LogP contribution in [0.25, 0.3) is 10.9 Å². The van der Waals surface area contributed by atoms with Crippen molar-refractivity contribution in [1.82, 2.24) is 4.57 Å². The fraction of sp³-hybridized carbons (Fsp3) is 0.211. The van der Waals surface area contributed by atoms with Crippen LogP contribution < -0.4 is 9.64 Å². The smallest absolute Gasteiger partial charge is 0.246 e. The summed E-state index contributed by atoms with van der Waals surface area (Å²) >= 11 is 0. The Bertz CT molecular complexity index is 809. The van der Waals surface area contributed by atoms with Crippen LogP contribution in [0.5, 0.6) is 5.75 Å². The Morgan fingerprint density at radius 2 is 1.91 bits per heavy atom. The van der Waals surface area contributed by atoms with E-state index in [1.54, 1.807) is 12.0 Å². The predicted molar refractivity (Wildman–Crippen MR) is 93.0 cm³/mol. The minimum absolute atomic E-state index is 0.0759. The number of ether oxygens (including phenoxy) is 1. The van der Waals surface area contributed by atoms with Gasteiger partial charge in [-0.1, -0.05) is 18.2 Å². The minimum Gasteiger partial charge on any atom is -0.497 e. The third-order valence-electron chi connectivity index (χ3n) is 3.97. The number of carbonyl (C=O) groups is 1. The molecule has 0 bridgehead atoms. The highest BCUT2D eigenvalue weighted by molar-refractivity contribution is 5.94. The first-order valence-electron chi connectivity index (χ1n) is 7.71. The lowest BCUT2D eigenvalue weighted by Gasteiger charge is -2.21. The number of anilines is 1. The molecular formula is C19H20N2O2. The number of hydrogen-bond acceptors (Lipinski definition) is 2. The average molecular weight is 308 g/mol. The van der Waals surface area contributed by atoms with E-state index in [1.165, 1.54) is 0 Å². The molecule has 2 aromatic carbocycles. The molecule has 0 unspecified atom stereocenters. The molecule has 1 amide bonds. The Hall–Kier alpha value is -2.75. The number of methoxy groups -OCH3 is 1. The molecule has 118 valence electrons. The van der Waals surface area contributed by atoms with Crippen molar-refractivity contribution in [2.75, 3.05) is 18.6 Å². The van der Waals surface area contributed by atoms with Gasteiger partial charge in [0.15, 0.2) is 0 Å². The number of nitrogens with zero attached hydrogens (tertiary/aromatic N) is 2. The van der Waals surface area contributed by atoms with Gasteiger partial charge in [0.2, 0.25) is 5.91 Å². The van der Waals surface area contributed by atoms with E-state index < -0.39 is 0 Å². The van der Waals surface area contributed by atoms with E-state index in [4.69, 9.17) is 4.74 Å². The number of benzene rings is 2. The van der Waals surface area contributed by atoms with Crippen molar-refractivity contribution in [3.8, 4) is 5.75 Å². The Balaban J connectivity index is 1.85. The monoisotopic (exact) mass is 308 g/mol. The van der Waals surface area contributed by atoms with E-state index in [0.29, 0.717) is 13.1 Å². The highest BCUT2D eigenvalue weighted by Crippen LogP contribution is 2.22. The van der Waals surface area contributed by atoms with E-state index in [-0.39, 0.29) is 5.91 Å². The van der Waals surface area contributed by atoms with Crippen molar-refractivity contribution < 1.29 is 9.53 Å². The second-order valence-corrected chi connectivity index (χ2v) is 5.34. The summed E-state index contributed by atoms with van der Waals surface area (Å²) in [6.45, 7) is 2.96. The van der Waals surface area contributed by atoms with Crippen LogP contribution in [0.2, 0.25) is 0 Å². The van der Waals surface area contributed by atoms with Crippen molar-refractivity contribution in [3.05, 3.63) is 60.8 Å². The van der Waals surface area contributed by atoms with Gasteiger partial charge in [-0.3, -0.25) is 4.79 Å². The predicted octanol–water partition coefficient (Wildman–Crippen LogP) is 3.70. The van der Waals surface area contributed by atoms with E-state index >= 15 is 0 Å². The first kappa shape index (κ1) is 15.2. The lowest BCUT2D eigenvalue weighted by molar-refractivity contribution is -0.119. The van der Waals surface area contributed by atoms with Gasteiger partial charge >= 0.3 is 0 Å². The topological polar surface area (TPSA) is 34.5 Å². The summed E-state index contributed by atoms with van der Waals surface area (Å²) in [6, 6.07) is 17.6. The minimum atomic E-state index is 0.0759. The Labute approximate surface area is 135 Å². The van der Waals surface area contributed by atoms with Gasteiger partial charge in [0.05, 0.1) is 7.11 Å². The van der Waals surface area contributed by atoms with Crippen molar-refractivity contribution in [2.24, 2.45) is 0 Å². The molecule has 0 aliphatic rings. The van der Waals surface area contributed by atoms with Crippen molar-refractivity contribution in [3.63, 3.8) is 0 Å². The van der Waals surface area contributed by atoms with Crippen molar-refractivity contribution in [1.29, 1.82) is 0 Å². The number of para-hydroxylation sites is 1. The SMILES string of the molecule is CCN(C(=O)Cn1ccc2cc(OC)ccc21)c1ccccc1. The van der Waals surface area contributed by atoms with E-state index in [1.807, 2.05) is 72.3 Å². The number of rotatable bonds is 5. The second kappa shape index (κ2) is 6.57. The average Bonchev–Trinajstić information content (AvgIpc) is 2.98. The number of fused-ring (bicyclic) bond motifs is 1. The van der Waals surface area contributed by atoms with Crippen molar-refractivity contribution >= 4 is 22.5 Å². The fourth-order valence-corrected chi connectivity index (χ4v) is 2.79. The maximum Gasteiger partial charge on any atom is 0.246 e. The number of carbonyl (C=O) groups excluding carboxylic acids is 1.